The predicted octanol–water partition coefficient (Wildman–Crippen LogP) is 1.93. The van der Waals surface area contributed by atoms with Crippen LogP contribution in [-0.4, -0.2) is 57.6 Å². The molecule has 0 amide bonds. The molecule has 4 N–H and O–H groups in total. The fourth-order valence-corrected chi connectivity index (χ4v) is 5.22. The van der Waals surface area contributed by atoms with Crippen molar-refractivity contribution in [1.29, 1.82) is 0 Å². The lowest BCUT2D eigenvalue weighted by atomic mass is 9.90. The molecular weight excluding hydrogens is 316 g/mol. The van der Waals surface area contributed by atoms with Gasteiger partial charge in [-0.05, 0) is 50.9 Å². The van der Waals surface area contributed by atoms with Crippen LogP contribution in [0.4, 0.5) is 0 Å². The van der Waals surface area contributed by atoms with Gasteiger partial charge >= 0.3 is 17.1 Å². The maximum atomic E-state index is 6.46. The summed E-state index contributed by atoms with van der Waals surface area (Å²) in [4.78, 5) is 0. The second-order valence-electron chi connectivity index (χ2n) is 6.36. The number of nitrogens with two attached hydrogens (primary N) is 2. The predicted molar refractivity (Wildman–Crippen MR) is 95.3 cm³/mol. The Morgan fingerprint density at radius 1 is 0.773 bits per heavy atom. The maximum absolute atomic E-state index is 6.46. The highest BCUT2D eigenvalue weighted by Crippen LogP contribution is 2.24. The SMILES string of the molecule is CO[Si](C)(CCCC(N)(CN)CCC[Si](C)(OC)OC)OC. The lowest BCUT2D eigenvalue weighted by molar-refractivity contribution is 0.242. The summed E-state index contributed by atoms with van der Waals surface area (Å²) >= 11 is 0. The zero-order chi connectivity index (χ0) is 17.3. The van der Waals surface area contributed by atoms with Crippen molar-refractivity contribution in [1.82, 2.24) is 0 Å². The van der Waals surface area contributed by atoms with E-state index in [4.69, 9.17) is 29.2 Å². The molecule has 0 bridgehead atoms. The molecule has 0 radical (unpaired) electrons. The third kappa shape index (κ3) is 7.65. The summed E-state index contributed by atoms with van der Waals surface area (Å²) in [5, 5.41) is 0. The van der Waals surface area contributed by atoms with Crippen LogP contribution >= 0.6 is 0 Å². The van der Waals surface area contributed by atoms with Gasteiger partial charge in [0.2, 0.25) is 0 Å². The van der Waals surface area contributed by atoms with Gasteiger partial charge in [-0.3, -0.25) is 0 Å². The molecule has 22 heavy (non-hydrogen) atoms. The second-order valence-corrected chi connectivity index (χ2v) is 13.5. The Labute approximate surface area is 138 Å². The average Bonchev–Trinajstić information content (AvgIpc) is 2.54. The van der Waals surface area contributed by atoms with Crippen LogP contribution in [0, 0.1) is 0 Å². The third-order valence-electron chi connectivity index (χ3n) is 4.74. The van der Waals surface area contributed by atoms with Crippen molar-refractivity contribution in [3.05, 3.63) is 0 Å². The van der Waals surface area contributed by atoms with E-state index >= 15 is 0 Å². The molecule has 0 aliphatic heterocycles. The molecule has 0 rings (SSSR count). The van der Waals surface area contributed by atoms with Crippen LogP contribution < -0.4 is 11.5 Å². The summed E-state index contributed by atoms with van der Waals surface area (Å²) in [7, 11) is 2.85. The van der Waals surface area contributed by atoms with Crippen LogP contribution in [0.15, 0.2) is 0 Å². The van der Waals surface area contributed by atoms with Crippen molar-refractivity contribution >= 4 is 17.1 Å². The fourth-order valence-electron chi connectivity index (χ4n) is 2.43. The third-order valence-corrected chi connectivity index (χ3v) is 10.7. The minimum Gasteiger partial charge on any atom is -0.398 e. The molecular formula is C14H36N2O4Si2. The molecule has 0 fully saturated rings. The Kier molecular flexibility index (Phi) is 10.2. The van der Waals surface area contributed by atoms with Crippen molar-refractivity contribution in [2.45, 2.75) is 56.4 Å². The molecule has 0 saturated heterocycles. The Morgan fingerprint density at radius 3 is 1.32 bits per heavy atom. The zero-order valence-corrected chi connectivity index (χ0v) is 17.2. The molecule has 0 saturated carbocycles. The molecule has 0 spiro atoms. The Bertz CT molecular complexity index is 277. The number of rotatable bonds is 13. The summed E-state index contributed by atoms with van der Waals surface area (Å²) < 4.78 is 22.0. The normalized spacial score (nSPS) is 13.6. The smallest absolute Gasteiger partial charge is 0.334 e. The highest BCUT2D eigenvalue weighted by molar-refractivity contribution is 6.66. The van der Waals surface area contributed by atoms with Crippen LogP contribution in [0.3, 0.4) is 0 Å². The first-order valence-corrected chi connectivity index (χ1v) is 13.0. The van der Waals surface area contributed by atoms with Gasteiger partial charge in [0.1, 0.15) is 0 Å². The Hall–Kier alpha value is 0.194. The van der Waals surface area contributed by atoms with E-state index in [-0.39, 0.29) is 5.54 Å². The molecule has 0 heterocycles. The van der Waals surface area contributed by atoms with E-state index in [0.29, 0.717) is 6.54 Å². The molecule has 0 atom stereocenters. The van der Waals surface area contributed by atoms with Crippen molar-refractivity contribution < 1.29 is 17.7 Å². The monoisotopic (exact) mass is 352 g/mol. The van der Waals surface area contributed by atoms with Crippen LogP contribution in [0.5, 0.6) is 0 Å². The van der Waals surface area contributed by atoms with E-state index in [0.717, 1.165) is 37.8 Å². The number of hydrogen-bond acceptors (Lipinski definition) is 6. The molecule has 0 aliphatic rings. The molecule has 6 nitrogen and oxygen atoms in total. The van der Waals surface area contributed by atoms with Crippen molar-refractivity contribution in [3.8, 4) is 0 Å². The zero-order valence-electron chi connectivity index (χ0n) is 15.2. The summed E-state index contributed by atoms with van der Waals surface area (Å²) in [5.74, 6) is 0. The molecule has 0 aromatic heterocycles. The van der Waals surface area contributed by atoms with Gasteiger partial charge in [0.05, 0.1) is 0 Å². The van der Waals surface area contributed by atoms with Gasteiger partial charge in [0.25, 0.3) is 0 Å². The van der Waals surface area contributed by atoms with E-state index < -0.39 is 17.1 Å². The minimum absolute atomic E-state index is 0.326. The van der Waals surface area contributed by atoms with Gasteiger partial charge in [-0.25, -0.2) is 0 Å². The molecule has 134 valence electrons. The minimum atomic E-state index is -2.01. The second kappa shape index (κ2) is 10.1. The topological polar surface area (TPSA) is 89.0 Å². The highest BCUT2D eigenvalue weighted by Gasteiger charge is 2.32. The first-order chi connectivity index (χ1) is 10.2. The molecule has 0 unspecified atom stereocenters. The summed E-state index contributed by atoms with van der Waals surface area (Å²) in [5.41, 5.74) is 12.0. The average molecular weight is 353 g/mol. The highest BCUT2D eigenvalue weighted by atomic mass is 28.4. The first kappa shape index (κ1) is 22.2. The maximum Gasteiger partial charge on any atom is 0.334 e. The van der Waals surface area contributed by atoms with Gasteiger partial charge in [0.15, 0.2) is 0 Å². The Morgan fingerprint density at radius 2 is 1.09 bits per heavy atom. The fraction of sp³-hybridized carbons (Fsp3) is 1.00. The van der Waals surface area contributed by atoms with Crippen LogP contribution in [0.2, 0.25) is 25.2 Å². The molecule has 0 aromatic rings. The molecule has 8 heteroatoms. The number of hydrogen-bond donors (Lipinski definition) is 2. The van der Waals surface area contributed by atoms with Crippen LogP contribution in [-0.2, 0) is 17.7 Å². The van der Waals surface area contributed by atoms with Gasteiger partial charge in [-0.1, -0.05) is 0 Å². The van der Waals surface area contributed by atoms with E-state index in [1.807, 2.05) is 0 Å². The summed E-state index contributed by atoms with van der Waals surface area (Å²) in [6.07, 6.45) is 3.72. The summed E-state index contributed by atoms with van der Waals surface area (Å²) in [6.45, 7) is 4.63. The largest absolute Gasteiger partial charge is 0.398 e. The van der Waals surface area contributed by atoms with Gasteiger partial charge < -0.3 is 29.2 Å². The van der Waals surface area contributed by atoms with E-state index in [1.54, 1.807) is 28.4 Å². The molecule has 0 aliphatic carbocycles. The van der Waals surface area contributed by atoms with E-state index in [1.165, 1.54) is 0 Å². The summed E-state index contributed by atoms with van der Waals surface area (Å²) in [6, 6.07) is 1.86. The van der Waals surface area contributed by atoms with Gasteiger partial charge in [-0.2, -0.15) is 0 Å². The van der Waals surface area contributed by atoms with Crippen molar-refractivity contribution in [2.24, 2.45) is 11.5 Å². The van der Waals surface area contributed by atoms with E-state index in [9.17, 15) is 0 Å². The molecule has 0 aromatic carbocycles. The van der Waals surface area contributed by atoms with Crippen molar-refractivity contribution in [3.63, 3.8) is 0 Å². The van der Waals surface area contributed by atoms with Crippen molar-refractivity contribution in [2.75, 3.05) is 35.0 Å². The standard InChI is InChI=1S/C14H36N2O4Si2/c1-17-21(5,18-2)11-7-9-14(16,13-15)10-8-12-22(6,19-3)20-4/h7-13,15-16H2,1-6H3. The van der Waals surface area contributed by atoms with Crippen LogP contribution in [0.25, 0.3) is 0 Å². The van der Waals surface area contributed by atoms with Gasteiger partial charge in [0, 0.05) is 40.5 Å². The lowest BCUT2D eigenvalue weighted by Gasteiger charge is -2.31. The lowest BCUT2D eigenvalue weighted by Crippen LogP contribution is -2.48. The Balaban J connectivity index is 4.30. The van der Waals surface area contributed by atoms with Gasteiger partial charge in [-0.15, -0.1) is 0 Å². The van der Waals surface area contributed by atoms with E-state index in [2.05, 4.69) is 13.1 Å². The first-order valence-electron chi connectivity index (χ1n) is 7.91. The quantitative estimate of drug-likeness (QED) is 0.492. The van der Waals surface area contributed by atoms with Crippen LogP contribution in [0.1, 0.15) is 25.7 Å².